The zero-order valence-electron chi connectivity index (χ0n) is 14.7. The van der Waals surface area contributed by atoms with Crippen LogP contribution in [-0.2, 0) is 11.3 Å². The molecule has 0 aliphatic heterocycles. The summed E-state index contributed by atoms with van der Waals surface area (Å²) in [6.45, 7) is 2.33. The minimum atomic E-state index is -0.00442. The molecule has 26 heavy (non-hydrogen) atoms. The number of aromatic nitrogens is 3. The lowest BCUT2D eigenvalue weighted by molar-refractivity contribution is -0.127. The second-order valence-corrected chi connectivity index (χ2v) is 6.74. The third-order valence-corrected chi connectivity index (χ3v) is 4.49. The van der Waals surface area contributed by atoms with Gasteiger partial charge in [-0.1, -0.05) is 48.2 Å². The molecule has 0 saturated carbocycles. The van der Waals surface area contributed by atoms with Gasteiger partial charge in [0.2, 0.25) is 11.1 Å². The van der Waals surface area contributed by atoms with Gasteiger partial charge in [0, 0.05) is 7.05 Å². The molecular weight excluding hydrogens is 348 g/mol. The lowest BCUT2D eigenvalue weighted by atomic mass is 10.2. The van der Waals surface area contributed by atoms with E-state index in [-0.39, 0.29) is 11.7 Å². The molecule has 0 atom stereocenters. The van der Waals surface area contributed by atoms with Crippen molar-refractivity contribution in [1.29, 1.82) is 0 Å². The first-order valence-corrected chi connectivity index (χ1v) is 9.16. The number of amides is 1. The molecule has 1 amide bonds. The molecule has 0 bridgehead atoms. The maximum atomic E-state index is 12.2. The van der Waals surface area contributed by atoms with Gasteiger partial charge in [0.25, 0.3) is 0 Å². The molecule has 3 aromatic rings. The standard InChI is InChI=1S/C19H20N4O2S/c1-14-8-10-16(25-14)12-23(2)18(24)13-26-19-20-17(21-22-19)11-9-15-6-4-3-5-7-15/h3-11H,12-13H2,1-2H3,(H,20,21,22)/b11-9+. The first kappa shape index (κ1) is 18.0. The lowest BCUT2D eigenvalue weighted by Crippen LogP contribution is -2.27. The summed E-state index contributed by atoms with van der Waals surface area (Å²) in [7, 11) is 1.76. The summed E-state index contributed by atoms with van der Waals surface area (Å²) in [5.74, 6) is 2.54. The van der Waals surface area contributed by atoms with Crippen LogP contribution < -0.4 is 0 Å². The molecule has 0 radical (unpaired) electrons. The predicted molar refractivity (Wildman–Crippen MR) is 102 cm³/mol. The summed E-state index contributed by atoms with van der Waals surface area (Å²) in [4.78, 5) is 18.2. The van der Waals surface area contributed by atoms with Gasteiger partial charge < -0.3 is 9.32 Å². The average Bonchev–Trinajstić information content (AvgIpc) is 3.27. The normalized spacial score (nSPS) is 11.2. The molecule has 134 valence electrons. The Labute approximate surface area is 156 Å². The van der Waals surface area contributed by atoms with Crippen LogP contribution in [0.1, 0.15) is 22.9 Å². The molecule has 2 aromatic heterocycles. The zero-order valence-corrected chi connectivity index (χ0v) is 15.5. The Kier molecular flexibility index (Phi) is 5.91. The van der Waals surface area contributed by atoms with E-state index in [1.807, 2.05) is 61.5 Å². The van der Waals surface area contributed by atoms with Gasteiger partial charge in [0.05, 0.1) is 12.3 Å². The van der Waals surface area contributed by atoms with Crippen LogP contribution in [0, 0.1) is 6.92 Å². The second-order valence-electron chi connectivity index (χ2n) is 5.80. The number of rotatable bonds is 7. The van der Waals surface area contributed by atoms with Crippen LogP contribution >= 0.6 is 11.8 Å². The highest BCUT2D eigenvalue weighted by molar-refractivity contribution is 7.99. The third-order valence-electron chi connectivity index (χ3n) is 3.65. The minimum Gasteiger partial charge on any atom is -0.464 e. The van der Waals surface area contributed by atoms with Gasteiger partial charge >= 0.3 is 0 Å². The second kappa shape index (κ2) is 8.53. The monoisotopic (exact) mass is 368 g/mol. The van der Waals surface area contributed by atoms with E-state index < -0.39 is 0 Å². The van der Waals surface area contributed by atoms with Crippen molar-refractivity contribution in [2.24, 2.45) is 0 Å². The van der Waals surface area contributed by atoms with Crippen molar-refractivity contribution >= 4 is 29.8 Å². The van der Waals surface area contributed by atoms with Crippen LogP contribution in [0.4, 0.5) is 0 Å². The topological polar surface area (TPSA) is 75.0 Å². The smallest absolute Gasteiger partial charge is 0.233 e. The van der Waals surface area contributed by atoms with E-state index in [1.165, 1.54) is 11.8 Å². The summed E-state index contributed by atoms with van der Waals surface area (Å²) < 4.78 is 5.50. The first-order chi connectivity index (χ1) is 12.6. The summed E-state index contributed by atoms with van der Waals surface area (Å²) >= 11 is 1.31. The van der Waals surface area contributed by atoms with Crippen molar-refractivity contribution in [3.8, 4) is 0 Å². The fourth-order valence-corrected chi connectivity index (χ4v) is 3.01. The highest BCUT2D eigenvalue weighted by Crippen LogP contribution is 2.15. The van der Waals surface area contributed by atoms with Crippen molar-refractivity contribution in [2.45, 2.75) is 18.6 Å². The lowest BCUT2D eigenvalue weighted by Gasteiger charge is -2.14. The Morgan fingerprint density at radius 1 is 1.23 bits per heavy atom. The van der Waals surface area contributed by atoms with Gasteiger partial charge in [-0.3, -0.25) is 9.89 Å². The van der Waals surface area contributed by atoms with Crippen LogP contribution in [0.5, 0.6) is 0 Å². The van der Waals surface area contributed by atoms with E-state index >= 15 is 0 Å². The van der Waals surface area contributed by atoms with Crippen LogP contribution in [0.25, 0.3) is 12.2 Å². The van der Waals surface area contributed by atoms with Gasteiger partial charge in [-0.2, -0.15) is 0 Å². The number of H-pyrrole nitrogens is 1. The van der Waals surface area contributed by atoms with Crippen molar-refractivity contribution in [3.63, 3.8) is 0 Å². The number of nitrogens with one attached hydrogen (secondary N) is 1. The Morgan fingerprint density at radius 3 is 2.77 bits per heavy atom. The average molecular weight is 368 g/mol. The Balaban J connectivity index is 1.49. The van der Waals surface area contributed by atoms with Crippen molar-refractivity contribution in [3.05, 3.63) is 65.4 Å². The molecular formula is C19H20N4O2S. The Hall–Kier alpha value is -2.80. The van der Waals surface area contributed by atoms with E-state index in [4.69, 9.17) is 4.42 Å². The van der Waals surface area contributed by atoms with Crippen molar-refractivity contribution in [2.75, 3.05) is 12.8 Å². The highest BCUT2D eigenvalue weighted by atomic mass is 32.2. The summed E-state index contributed by atoms with van der Waals surface area (Å²) in [6, 6.07) is 13.7. The highest BCUT2D eigenvalue weighted by Gasteiger charge is 2.13. The number of nitrogens with zero attached hydrogens (tertiary/aromatic N) is 3. The molecule has 0 fully saturated rings. The van der Waals surface area contributed by atoms with E-state index in [9.17, 15) is 4.79 Å². The van der Waals surface area contributed by atoms with Gasteiger partial charge in [-0.05, 0) is 30.7 Å². The maximum absolute atomic E-state index is 12.2. The van der Waals surface area contributed by atoms with Crippen LogP contribution in [0.3, 0.4) is 0 Å². The number of benzene rings is 1. The molecule has 0 spiro atoms. The number of hydrogen-bond acceptors (Lipinski definition) is 5. The van der Waals surface area contributed by atoms with Crippen LogP contribution in [0.2, 0.25) is 0 Å². The number of thioether (sulfide) groups is 1. The number of aryl methyl sites for hydroxylation is 1. The van der Waals surface area contributed by atoms with E-state index in [0.29, 0.717) is 17.5 Å². The molecule has 1 aromatic carbocycles. The number of carbonyl (C=O) groups is 1. The van der Waals surface area contributed by atoms with E-state index in [2.05, 4.69) is 15.2 Å². The SMILES string of the molecule is Cc1ccc(CN(C)C(=O)CSc2n[nH]c(/C=C/c3ccccc3)n2)o1. The molecule has 0 aliphatic carbocycles. The molecule has 0 unspecified atom stereocenters. The molecule has 0 saturated heterocycles. The molecule has 3 rings (SSSR count). The van der Waals surface area contributed by atoms with Gasteiger partial charge in [0.1, 0.15) is 17.3 Å². The van der Waals surface area contributed by atoms with Crippen LogP contribution in [-0.4, -0.2) is 38.8 Å². The predicted octanol–water partition coefficient (Wildman–Crippen LogP) is 3.63. The molecule has 0 aliphatic rings. The molecule has 6 nitrogen and oxygen atoms in total. The maximum Gasteiger partial charge on any atom is 0.233 e. The third kappa shape index (κ3) is 5.10. The zero-order chi connectivity index (χ0) is 18.4. The minimum absolute atomic E-state index is 0.00442. The number of aromatic amines is 1. The van der Waals surface area contributed by atoms with Crippen LogP contribution in [0.15, 0.2) is 52.0 Å². The summed E-state index contributed by atoms with van der Waals surface area (Å²) in [5.41, 5.74) is 1.09. The Morgan fingerprint density at radius 2 is 2.04 bits per heavy atom. The summed E-state index contributed by atoms with van der Waals surface area (Å²) in [5, 5.41) is 7.55. The largest absolute Gasteiger partial charge is 0.464 e. The molecule has 2 heterocycles. The quantitative estimate of drug-likeness (QED) is 0.645. The summed E-state index contributed by atoms with van der Waals surface area (Å²) in [6.07, 6.45) is 3.82. The Bertz CT molecular complexity index is 886. The van der Waals surface area contributed by atoms with Crippen molar-refractivity contribution < 1.29 is 9.21 Å². The molecule has 7 heteroatoms. The molecule has 1 N–H and O–H groups in total. The van der Waals surface area contributed by atoms with Gasteiger partial charge in [0.15, 0.2) is 0 Å². The number of carbonyl (C=O) groups excluding carboxylic acids is 1. The van der Waals surface area contributed by atoms with Gasteiger partial charge in [-0.25, -0.2) is 4.98 Å². The van der Waals surface area contributed by atoms with E-state index in [0.717, 1.165) is 17.1 Å². The van der Waals surface area contributed by atoms with Crippen molar-refractivity contribution in [1.82, 2.24) is 20.1 Å². The number of furan rings is 1. The van der Waals surface area contributed by atoms with E-state index in [1.54, 1.807) is 11.9 Å². The van der Waals surface area contributed by atoms with Gasteiger partial charge in [-0.15, -0.1) is 5.10 Å². The fraction of sp³-hybridized carbons (Fsp3) is 0.211. The fourth-order valence-electron chi connectivity index (χ4n) is 2.27. The number of hydrogen-bond donors (Lipinski definition) is 1. The first-order valence-electron chi connectivity index (χ1n) is 8.18.